The largest absolute Gasteiger partial charge is 0.496 e. The number of esters is 1. The fourth-order valence-corrected chi connectivity index (χ4v) is 2.79. The van der Waals surface area contributed by atoms with Crippen LogP contribution in [-0.2, 0) is 11.3 Å². The maximum atomic E-state index is 11.6. The van der Waals surface area contributed by atoms with Crippen LogP contribution in [0.15, 0.2) is 23.2 Å². The number of guanidine groups is 1. The zero-order valence-electron chi connectivity index (χ0n) is 13.8. The zero-order valence-corrected chi connectivity index (χ0v) is 13.8. The molecule has 1 fully saturated rings. The Morgan fingerprint density at radius 2 is 2.04 bits per heavy atom. The fourth-order valence-electron chi connectivity index (χ4n) is 2.79. The first-order chi connectivity index (χ1) is 11.1. The molecule has 126 valence electrons. The van der Waals surface area contributed by atoms with Crippen molar-refractivity contribution in [3.05, 3.63) is 29.3 Å². The summed E-state index contributed by atoms with van der Waals surface area (Å²) in [5.74, 6) is 0.520. The quantitative estimate of drug-likeness (QED) is 0.494. The van der Waals surface area contributed by atoms with E-state index in [9.17, 15) is 4.79 Å². The van der Waals surface area contributed by atoms with Crippen LogP contribution in [0.2, 0.25) is 0 Å². The van der Waals surface area contributed by atoms with Gasteiger partial charge in [0, 0.05) is 6.04 Å². The lowest BCUT2D eigenvalue weighted by molar-refractivity contribution is 0.0597. The maximum Gasteiger partial charge on any atom is 0.341 e. The molecule has 0 heterocycles. The Morgan fingerprint density at radius 1 is 1.30 bits per heavy atom. The molecular formula is C17H25N3O3. The number of nitrogens with two attached hydrogens (primary N) is 1. The van der Waals surface area contributed by atoms with E-state index >= 15 is 0 Å². The Bertz CT molecular complexity index is 566. The molecule has 0 amide bonds. The number of hydrogen-bond acceptors (Lipinski definition) is 4. The van der Waals surface area contributed by atoms with Crippen molar-refractivity contribution in [1.82, 2.24) is 5.32 Å². The number of ether oxygens (including phenoxy) is 2. The Balaban J connectivity index is 1.98. The second-order valence-corrected chi connectivity index (χ2v) is 5.71. The first-order valence-corrected chi connectivity index (χ1v) is 7.95. The van der Waals surface area contributed by atoms with Crippen LogP contribution < -0.4 is 15.8 Å². The maximum absolute atomic E-state index is 11.6. The molecule has 0 unspecified atom stereocenters. The van der Waals surface area contributed by atoms with Gasteiger partial charge in [-0.25, -0.2) is 9.79 Å². The molecule has 0 spiro atoms. The molecule has 0 radical (unpaired) electrons. The van der Waals surface area contributed by atoms with Crippen molar-refractivity contribution in [3.8, 4) is 5.75 Å². The van der Waals surface area contributed by atoms with Crippen LogP contribution in [0.5, 0.6) is 5.75 Å². The molecule has 0 saturated heterocycles. The van der Waals surface area contributed by atoms with E-state index in [1.54, 1.807) is 12.1 Å². The molecular weight excluding hydrogens is 294 g/mol. The minimum atomic E-state index is -0.421. The number of methoxy groups -OCH3 is 2. The van der Waals surface area contributed by atoms with E-state index in [1.807, 2.05) is 6.07 Å². The predicted octanol–water partition coefficient (Wildman–Crippen LogP) is 2.22. The predicted molar refractivity (Wildman–Crippen MR) is 89.7 cm³/mol. The molecule has 23 heavy (non-hydrogen) atoms. The van der Waals surface area contributed by atoms with Crippen molar-refractivity contribution >= 4 is 11.9 Å². The number of rotatable bonds is 5. The Labute approximate surface area is 137 Å². The molecule has 2 rings (SSSR count). The van der Waals surface area contributed by atoms with E-state index in [0.29, 0.717) is 29.9 Å². The average molecular weight is 319 g/mol. The van der Waals surface area contributed by atoms with Crippen molar-refractivity contribution in [2.45, 2.75) is 44.7 Å². The van der Waals surface area contributed by atoms with Crippen molar-refractivity contribution in [2.75, 3.05) is 14.2 Å². The van der Waals surface area contributed by atoms with Crippen LogP contribution in [-0.4, -0.2) is 32.2 Å². The smallest absolute Gasteiger partial charge is 0.341 e. The summed E-state index contributed by atoms with van der Waals surface area (Å²) < 4.78 is 9.97. The van der Waals surface area contributed by atoms with Gasteiger partial charge in [-0.05, 0) is 30.5 Å². The molecule has 0 aliphatic heterocycles. The van der Waals surface area contributed by atoms with Gasteiger partial charge < -0.3 is 20.5 Å². The molecule has 0 bridgehead atoms. The second kappa shape index (κ2) is 8.41. The summed E-state index contributed by atoms with van der Waals surface area (Å²) >= 11 is 0. The lowest BCUT2D eigenvalue weighted by Crippen LogP contribution is -2.41. The summed E-state index contributed by atoms with van der Waals surface area (Å²) in [5, 5.41) is 3.28. The first-order valence-electron chi connectivity index (χ1n) is 7.95. The average Bonchev–Trinajstić information content (AvgIpc) is 2.60. The Kier molecular flexibility index (Phi) is 6.26. The van der Waals surface area contributed by atoms with Crippen LogP contribution in [0.25, 0.3) is 0 Å². The van der Waals surface area contributed by atoms with Gasteiger partial charge in [0.25, 0.3) is 0 Å². The number of carbonyl (C=O) groups excluding carboxylic acids is 1. The van der Waals surface area contributed by atoms with Gasteiger partial charge in [-0.3, -0.25) is 0 Å². The molecule has 1 aromatic carbocycles. The van der Waals surface area contributed by atoms with E-state index in [-0.39, 0.29) is 0 Å². The monoisotopic (exact) mass is 319 g/mol. The SMILES string of the molecule is COC(=O)c1ccc(CN=C(N)NC2CCCCC2)cc1OC. The van der Waals surface area contributed by atoms with Gasteiger partial charge in [0.15, 0.2) is 5.96 Å². The Morgan fingerprint density at radius 3 is 2.70 bits per heavy atom. The number of nitrogens with zero attached hydrogens (tertiary/aromatic N) is 1. The summed E-state index contributed by atoms with van der Waals surface area (Å²) in [4.78, 5) is 16.0. The molecule has 1 aliphatic carbocycles. The van der Waals surface area contributed by atoms with Gasteiger partial charge in [0.2, 0.25) is 0 Å². The van der Waals surface area contributed by atoms with Crippen LogP contribution in [0, 0.1) is 0 Å². The van der Waals surface area contributed by atoms with Gasteiger partial charge in [-0.15, -0.1) is 0 Å². The minimum Gasteiger partial charge on any atom is -0.496 e. The molecule has 6 heteroatoms. The van der Waals surface area contributed by atoms with E-state index < -0.39 is 5.97 Å². The molecule has 1 aromatic rings. The summed E-state index contributed by atoms with van der Waals surface area (Å²) in [7, 11) is 2.87. The molecule has 0 atom stereocenters. The lowest BCUT2D eigenvalue weighted by Gasteiger charge is -2.23. The van der Waals surface area contributed by atoms with Crippen LogP contribution in [0.4, 0.5) is 0 Å². The third kappa shape index (κ3) is 4.87. The zero-order chi connectivity index (χ0) is 16.7. The lowest BCUT2D eigenvalue weighted by atomic mass is 9.96. The van der Waals surface area contributed by atoms with Crippen LogP contribution >= 0.6 is 0 Å². The molecule has 1 aliphatic rings. The van der Waals surface area contributed by atoms with E-state index in [4.69, 9.17) is 15.2 Å². The van der Waals surface area contributed by atoms with Crippen LogP contribution in [0.1, 0.15) is 48.0 Å². The van der Waals surface area contributed by atoms with Gasteiger partial charge in [0.1, 0.15) is 11.3 Å². The third-order valence-electron chi connectivity index (χ3n) is 4.06. The van der Waals surface area contributed by atoms with E-state index in [1.165, 1.54) is 33.5 Å². The summed E-state index contributed by atoms with van der Waals surface area (Å²) in [6.45, 7) is 0.434. The van der Waals surface area contributed by atoms with Crippen molar-refractivity contribution in [1.29, 1.82) is 0 Å². The number of carbonyl (C=O) groups is 1. The van der Waals surface area contributed by atoms with E-state index in [2.05, 4.69) is 10.3 Å². The summed E-state index contributed by atoms with van der Waals surface area (Å²) in [6, 6.07) is 5.72. The second-order valence-electron chi connectivity index (χ2n) is 5.71. The normalized spacial score (nSPS) is 16.0. The highest BCUT2D eigenvalue weighted by atomic mass is 16.5. The van der Waals surface area contributed by atoms with Crippen molar-refractivity contribution in [3.63, 3.8) is 0 Å². The topological polar surface area (TPSA) is 85.9 Å². The standard InChI is InChI=1S/C17H25N3O3/c1-22-15-10-12(8-9-14(15)16(21)23-2)11-19-17(18)20-13-6-4-3-5-7-13/h8-10,13H,3-7,11H2,1-2H3,(H3,18,19,20). The molecule has 1 saturated carbocycles. The molecule has 6 nitrogen and oxygen atoms in total. The number of benzene rings is 1. The Hall–Kier alpha value is -2.24. The van der Waals surface area contributed by atoms with Gasteiger partial charge in [-0.1, -0.05) is 25.3 Å². The highest BCUT2D eigenvalue weighted by Gasteiger charge is 2.14. The fraction of sp³-hybridized carbons (Fsp3) is 0.529. The minimum absolute atomic E-state index is 0.399. The van der Waals surface area contributed by atoms with Gasteiger partial charge in [-0.2, -0.15) is 0 Å². The van der Waals surface area contributed by atoms with Gasteiger partial charge >= 0.3 is 5.97 Å². The first kappa shape index (κ1) is 17.1. The number of aliphatic imine (C=N–C) groups is 1. The molecule has 3 N–H and O–H groups in total. The van der Waals surface area contributed by atoms with Crippen molar-refractivity contribution in [2.24, 2.45) is 10.7 Å². The number of nitrogens with one attached hydrogen (secondary N) is 1. The van der Waals surface area contributed by atoms with E-state index in [0.717, 1.165) is 18.4 Å². The number of hydrogen-bond donors (Lipinski definition) is 2. The van der Waals surface area contributed by atoms with Crippen molar-refractivity contribution < 1.29 is 14.3 Å². The highest BCUT2D eigenvalue weighted by molar-refractivity contribution is 5.92. The summed E-state index contributed by atoms with van der Waals surface area (Å²) in [6.07, 6.45) is 6.10. The molecule has 0 aromatic heterocycles. The third-order valence-corrected chi connectivity index (χ3v) is 4.06. The summed E-state index contributed by atoms with van der Waals surface area (Å²) in [5.41, 5.74) is 7.27. The van der Waals surface area contributed by atoms with Crippen LogP contribution in [0.3, 0.4) is 0 Å². The van der Waals surface area contributed by atoms with Gasteiger partial charge in [0.05, 0.1) is 20.8 Å². The highest BCUT2D eigenvalue weighted by Crippen LogP contribution is 2.21.